The molecule has 1 nitrogen and oxygen atoms in total. The van der Waals surface area contributed by atoms with E-state index in [9.17, 15) is 0 Å². The second kappa shape index (κ2) is 6.21. The van der Waals surface area contributed by atoms with E-state index in [2.05, 4.69) is 27.7 Å². The molecule has 0 aromatic carbocycles. The van der Waals surface area contributed by atoms with Crippen LogP contribution in [0.2, 0.25) is 0 Å². The Morgan fingerprint density at radius 2 is 0.900 bits per heavy atom. The Hall–Kier alpha value is 0.479. The summed E-state index contributed by atoms with van der Waals surface area (Å²) < 4.78 is 1.28. The third-order valence-corrected chi connectivity index (χ3v) is 2.68. The third kappa shape index (κ3) is 3.05. The van der Waals surface area contributed by atoms with E-state index in [1.54, 1.807) is 0 Å². The van der Waals surface area contributed by atoms with Gasteiger partial charge in [0.05, 0.1) is 26.2 Å². The minimum atomic E-state index is 0. The average molecular weight is 186 g/mol. The molecule has 0 amide bonds. The molecule has 0 aliphatic rings. The molecule has 10 heavy (non-hydrogen) atoms. The molecule has 0 aromatic heterocycles. The van der Waals surface area contributed by atoms with E-state index in [4.69, 9.17) is 0 Å². The van der Waals surface area contributed by atoms with Crippen LogP contribution in [0, 0.1) is 0 Å². The molecule has 0 unspecified atom stereocenters. The van der Waals surface area contributed by atoms with E-state index in [0.29, 0.717) is 0 Å². The van der Waals surface area contributed by atoms with E-state index < -0.39 is 0 Å². The normalized spacial score (nSPS) is 10.8. The molecule has 0 aliphatic carbocycles. The van der Waals surface area contributed by atoms with Gasteiger partial charge in [-0.15, -0.1) is 0 Å². The molecule has 2 heteroatoms. The SMILES string of the molecule is CC[N+](CC)(CC)CC.[Fe+2]. The standard InChI is InChI=1S/C8H20N.Fe/c1-5-9(6-2,7-3)8-4;/h5-8H2,1-4H3;/q+1;+2. The number of nitrogens with zero attached hydrogens (tertiary/aromatic N) is 1. The van der Waals surface area contributed by atoms with Crippen molar-refractivity contribution < 1.29 is 21.6 Å². The zero-order chi connectivity index (χ0) is 7.33. The Morgan fingerprint density at radius 1 is 0.700 bits per heavy atom. The van der Waals surface area contributed by atoms with Crippen LogP contribution in [-0.4, -0.2) is 30.7 Å². The summed E-state index contributed by atoms with van der Waals surface area (Å²) in [4.78, 5) is 0. The fourth-order valence-corrected chi connectivity index (χ4v) is 1.34. The van der Waals surface area contributed by atoms with Crippen LogP contribution in [0.3, 0.4) is 0 Å². The predicted octanol–water partition coefficient (Wildman–Crippen LogP) is 1.88. The van der Waals surface area contributed by atoms with Gasteiger partial charge >= 0.3 is 17.1 Å². The summed E-state index contributed by atoms with van der Waals surface area (Å²) in [6.45, 7) is 14.2. The molecule has 62 valence electrons. The van der Waals surface area contributed by atoms with Gasteiger partial charge in [0.1, 0.15) is 0 Å². The van der Waals surface area contributed by atoms with Gasteiger partial charge in [-0.1, -0.05) is 0 Å². The van der Waals surface area contributed by atoms with Crippen molar-refractivity contribution in [2.75, 3.05) is 26.2 Å². The molecule has 0 saturated heterocycles. The van der Waals surface area contributed by atoms with Gasteiger partial charge in [-0.2, -0.15) is 0 Å². The zero-order valence-electron chi connectivity index (χ0n) is 7.63. The predicted molar refractivity (Wildman–Crippen MR) is 42.4 cm³/mol. The van der Waals surface area contributed by atoms with Crippen molar-refractivity contribution in [2.24, 2.45) is 0 Å². The Kier molecular flexibility index (Phi) is 8.13. The van der Waals surface area contributed by atoms with Crippen LogP contribution in [0.5, 0.6) is 0 Å². The van der Waals surface area contributed by atoms with Crippen molar-refractivity contribution in [3.63, 3.8) is 0 Å². The Bertz CT molecular complexity index is 52.1. The maximum absolute atomic E-state index is 2.27. The van der Waals surface area contributed by atoms with Gasteiger partial charge in [0, 0.05) is 0 Å². The van der Waals surface area contributed by atoms with Gasteiger partial charge in [-0.25, -0.2) is 0 Å². The molecule has 0 fully saturated rings. The maximum Gasteiger partial charge on any atom is 2.00 e. The fourth-order valence-electron chi connectivity index (χ4n) is 1.34. The minimum Gasteiger partial charge on any atom is -0.325 e. The van der Waals surface area contributed by atoms with Gasteiger partial charge in [-0.05, 0) is 27.7 Å². The maximum atomic E-state index is 2.27. The summed E-state index contributed by atoms with van der Waals surface area (Å²) in [6.07, 6.45) is 0. The summed E-state index contributed by atoms with van der Waals surface area (Å²) in [7, 11) is 0. The van der Waals surface area contributed by atoms with E-state index in [1.807, 2.05) is 0 Å². The van der Waals surface area contributed by atoms with Crippen molar-refractivity contribution in [2.45, 2.75) is 27.7 Å². The van der Waals surface area contributed by atoms with E-state index >= 15 is 0 Å². The smallest absolute Gasteiger partial charge is 0.325 e. The quantitative estimate of drug-likeness (QED) is 0.464. The van der Waals surface area contributed by atoms with Crippen molar-refractivity contribution in [3.8, 4) is 0 Å². The van der Waals surface area contributed by atoms with Crippen molar-refractivity contribution in [1.82, 2.24) is 0 Å². The second-order valence-electron chi connectivity index (χ2n) is 2.61. The van der Waals surface area contributed by atoms with Gasteiger partial charge < -0.3 is 4.48 Å². The van der Waals surface area contributed by atoms with Crippen LogP contribution in [-0.2, 0) is 17.1 Å². The molecular formula is C8H20FeN+3. The summed E-state index contributed by atoms with van der Waals surface area (Å²) in [5.41, 5.74) is 0. The molecule has 0 N–H and O–H groups in total. The Balaban J connectivity index is 0. The molecule has 0 atom stereocenters. The van der Waals surface area contributed by atoms with Crippen LogP contribution < -0.4 is 0 Å². The van der Waals surface area contributed by atoms with Crippen molar-refractivity contribution >= 4 is 0 Å². The number of quaternary nitrogens is 1. The molecule has 0 aliphatic heterocycles. The number of hydrogen-bond acceptors (Lipinski definition) is 0. The second-order valence-corrected chi connectivity index (χ2v) is 2.61. The monoisotopic (exact) mass is 186 g/mol. The molecular weight excluding hydrogens is 166 g/mol. The minimum absolute atomic E-state index is 0. The number of rotatable bonds is 4. The summed E-state index contributed by atoms with van der Waals surface area (Å²) in [5, 5.41) is 0. The average Bonchev–Trinajstić information content (AvgIpc) is 1.95. The molecule has 0 bridgehead atoms. The van der Waals surface area contributed by atoms with Crippen molar-refractivity contribution in [3.05, 3.63) is 0 Å². The first-order valence-electron chi connectivity index (χ1n) is 4.09. The molecule has 0 rings (SSSR count). The van der Waals surface area contributed by atoms with Gasteiger partial charge in [0.15, 0.2) is 0 Å². The topological polar surface area (TPSA) is 0 Å². The molecule has 0 radical (unpaired) electrons. The Labute approximate surface area is 75.9 Å². The molecule has 0 aromatic rings. The first-order valence-corrected chi connectivity index (χ1v) is 4.09. The fraction of sp³-hybridized carbons (Fsp3) is 1.00. The van der Waals surface area contributed by atoms with Crippen LogP contribution >= 0.6 is 0 Å². The first kappa shape index (κ1) is 13.1. The van der Waals surface area contributed by atoms with E-state index in [0.717, 1.165) is 0 Å². The molecule has 0 heterocycles. The van der Waals surface area contributed by atoms with Crippen molar-refractivity contribution in [1.29, 1.82) is 0 Å². The Morgan fingerprint density at radius 3 is 0.900 bits per heavy atom. The summed E-state index contributed by atoms with van der Waals surface area (Å²) >= 11 is 0. The van der Waals surface area contributed by atoms with Crippen LogP contribution in [0.25, 0.3) is 0 Å². The largest absolute Gasteiger partial charge is 2.00 e. The first-order chi connectivity index (χ1) is 4.24. The third-order valence-electron chi connectivity index (χ3n) is 2.68. The summed E-state index contributed by atoms with van der Waals surface area (Å²) in [6, 6.07) is 0. The van der Waals surface area contributed by atoms with Crippen LogP contribution in [0.1, 0.15) is 27.7 Å². The van der Waals surface area contributed by atoms with Gasteiger partial charge in [0.2, 0.25) is 0 Å². The molecule has 0 spiro atoms. The van der Waals surface area contributed by atoms with Crippen LogP contribution in [0.15, 0.2) is 0 Å². The molecule has 0 saturated carbocycles. The van der Waals surface area contributed by atoms with Crippen LogP contribution in [0.4, 0.5) is 0 Å². The van der Waals surface area contributed by atoms with E-state index in [1.165, 1.54) is 30.7 Å². The van der Waals surface area contributed by atoms with Gasteiger partial charge in [0.25, 0.3) is 0 Å². The van der Waals surface area contributed by atoms with E-state index in [-0.39, 0.29) is 17.1 Å². The number of hydrogen-bond donors (Lipinski definition) is 0. The zero-order valence-corrected chi connectivity index (χ0v) is 8.73. The van der Waals surface area contributed by atoms with Gasteiger partial charge in [-0.3, -0.25) is 0 Å². The summed E-state index contributed by atoms with van der Waals surface area (Å²) in [5.74, 6) is 0.